The summed E-state index contributed by atoms with van der Waals surface area (Å²) >= 11 is 10.0. The van der Waals surface area contributed by atoms with Gasteiger partial charge in [-0.05, 0) is 93.4 Å². The van der Waals surface area contributed by atoms with E-state index in [1.165, 1.54) is 65.2 Å². The number of thiazole rings is 3. The Morgan fingerprint density at radius 3 is 1.29 bits per heavy atom. The molecule has 0 spiro atoms. The molecule has 3 aliphatic heterocycles. The molecule has 12 rings (SSSR count). The minimum absolute atomic E-state index is 0. The van der Waals surface area contributed by atoms with Gasteiger partial charge >= 0.3 is 47.5 Å². The van der Waals surface area contributed by atoms with Crippen molar-refractivity contribution in [2.75, 3.05) is 69.3 Å². The summed E-state index contributed by atoms with van der Waals surface area (Å²) in [6, 6.07) is 10.8. The number of pyridine rings is 6. The molecule has 3 fully saturated rings. The number of aromatic nitrogens is 9. The molecule has 0 amide bonds. The van der Waals surface area contributed by atoms with Crippen LogP contribution < -0.4 is 66.3 Å². The maximum absolute atomic E-state index is 12.9. The summed E-state index contributed by atoms with van der Waals surface area (Å²) in [4.78, 5) is 105. The minimum Gasteiger partial charge on any atom is -0.870 e. The summed E-state index contributed by atoms with van der Waals surface area (Å²) in [5.41, 5.74) is -0.420. The van der Waals surface area contributed by atoms with E-state index in [1.807, 2.05) is 18.5 Å². The second-order valence-electron chi connectivity index (χ2n) is 20.8. The summed E-state index contributed by atoms with van der Waals surface area (Å²) < 4.78 is 14.9. The van der Waals surface area contributed by atoms with Gasteiger partial charge < -0.3 is 40.5 Å². The van der Waals surface area contributed by atoms with Crippen molar-refractivity contribution in [1.29, 1.82) is 0 Å². The minimum atomic E-state index is -1.26. The summed E-state index contributed by atoms with van der Waals surface area (Å²) in [5.74, 6) is 2.19. The van der Waals surface area contributed by atoms with Crippen LogP contribution in [0.5, 0.6) is 0 Å². The first kappa shape index (κ1) is 69.3. The third-order valence-electron chi connectivity index (χ3n) is 15.1. The maximum atomic E-state index is 12.9. The molecule has 456 valence electrons. The number of rotatable bonds is 11. The van der Waals surface area contributed by atoms with Gasteiger partial charge in [-0.25, -0.2) is 44.3 Å². The molecule has 3 aliphatic rings. The number of nitrogens with zero attached hydrogens (tertiary/aromatic N) is 11. The number of likely N-dealkylation sites (N-methyl/N-ethyl adjacent to an activating group) is 1. The Labute approximate surface area is 541 Å². The van der Waals surface area contributed by atoms with Gasteiger partial charge in [-0.1, -0.05) is 53.6 Å². The number of halogens is 1. The van der Waals surface area contributed by atoms with E-state index in [0.717, 1.165) is 50.3 Å². The van der Waals surface area contributed by atoms with E-state index in [1.54, 1.807) is 81.2 Å². The van der Waals surface area contributed by atoms with Crippen molar-refractivity contribution in [1.82, 2.24) is 54.2 Å². The number of esters is 2. The number of anilines is 2. The van der Waals surface area contributed by atoms with Gasteiger partial charge in [0.25, 0.3) is 0 Å². The van der Waals surface area contributed by atoms with Crippen LogP contribution in [0, 0.1) is 29.6 Å². The second kappa shape index (κ2) is 30.9. The fourth-order valence-corrected chi connectivity index (χ4v) is 12.0. The fraction of sp³-hybridized carbons (Fsp3) is 0.390. The molecule has 87 heavy (non-hydrogen) atoms. The molecule has 9 aromatic rings. The van der Waals surface area contributed by atoms with Crippen molar-refractivity contribution >= 4 is 108 Å². The molecule has 0 unspecified atom stereocenters. The summed E-state index contributed by atoms with van der Waals surface area (Å²) in [6.07, 6.45) is 9.15. The van der Waals surface area contributed by atoms with Crippen LogP contribution >= 0.6 is 45.6 Å². The molecule has 0 aromatic carbocycles. The number of carboxylic acid groups (broad SMARTS) is 1. The summed E-state index contributed by atoms with van der Waals surface area (Å²) in [7, 11) is 2.02. The number of ether oxygens (including phenoxy) is 2. The molecule has 9 aromatic heterocycles. The number of carbonyl (C=O) groups excluding carboxylic acids is 2. The maximum Gasteiger partial charge on any atom is 1.00 e. The quantitative estimate of drug-likeness (QED) is 0.0796. The summed E-state index contributed by atoms with van der Waals surface area (Å²) in [6.45, 7) is 21.0. The van der Waals surface area contributed by atoms with E-state index in [2.05, 4.69) is 75.0 Å². The molecule has 6 atom stereocenters. The smallest absolute Gasteiger partial charge is 0.870 e. The first-order valence-corrected chi connectivity index (χ1v) is 30.4. The molecular formula is C59H69ClN13NaO10S3. The van der Waals surface area contributed by atoms with Crippen LogP contribution in [0.3, 0.4) is 0 Å². The van der Waals surface area contributed by atoms with E-state index < -0.39 is 28.8 Å². The van der Waals surface area contributed by atoms with Crippen LogP contribution in [0.2, 0.25) is 5.15 Å². The van der Waals surface area contributed by atoms with E-state index in [-0.39, 0.29) is 93.7 Å². The van der Waals surface area contributed by atoms with Gasteiger partial charge in [0, 0.05) is 92.1 Å². The topological polar surface area (TPSA) is 294 Å². The Balaban J connectivity index is 0.000000193. The van der Waals surface area contributed by atoms with Crippen molar-refractivity contribution < 1.29 is 64.0 Å². The summed E-state index contributed by atoms with van der Waals surface area (Å²) in [5, 5.41) is 24.3. The third-order valence-corrected chi connectivity index (χ3v) is 17.6. The number of hydrogen-bond acceptors (Lipinski definition) is 22. The average Bonchev–Trinajstić information content (AvgIpc) is 1.72. The molecule has 0 saturated carbocycles. The van der Waals surface area contributed by atoms with E-state index in [0.29, 0.717) is 67.4 Å². The Kier molecular flexibility index (Phi) is 24.6. The number of carbonyl (C=O) groups is 3. The van der Waals surface area contributed by atoms with Crippen molar-refractivity contribution in [3.05, 3.63) is 142 Å². The monoisotopic (exact) mass is 1270 g/mol. The van der Waals surface area contributed by atoms with E-state index in [9.17, 15) is 33.9 Å². The zero-order valence-corrected chi connectivity index (χ0v) is 54.2. The predicted octanol–water partition coefficient (Wildman–Crippen LogP) is 5.69. The molecule has 0 radical (unpaired) electrons. The second-order valence-corrected chi connectivity index (χ2v) is 23.8. The fourth-order valence-electron chi connectivity index (χ4n) is 10.1. The molecule has 4 N–H and O–H groups in total. The van der Waals surface area contributed by atoms with Crippen molar-refractivity contribution in [2.45, 2.75) is 61.9 Å². The molecule has 0 bridgehead atoms. The standard InChI is InChI=1S/C20H22N4O3S.C18H18N4O3S.C14H10ClN3O3S.C6H14N2.CH4.Na.H2O/c1-4-27-19(26)15-11-24(20-21-7-8-28-20)18-14(17(15)25)5-6-16(22-18)23-9-12(2)13(3)10-23;1-10-7-21(8-11(10)2)14-4-3-12-15(23)13(17(24)25)9-22(16(12)20-14)18-19-5-6-26-18;1-2-21-13(20)9-7-18(14-16-5-6-22-14)12-8(11(9)19)3-4-10(15)17-12;1-5-3-8-4-6(5)7-2;;;/h5-8,11-13H,4,9-10H2,1-3H3;3-6,9-11H,7-8H2,1-2H3,(H,24,25);3-7H,2H2,1H3;5-8H,3-4H2,1-2H3;1H4;;1H2/q;;;;;+1;/p-1/t12-,13-;10-,11-;;5-,6-;;;/m00.0.../s1. The number of nitrogens with one attached hydrogen (secondary N) is 2. The number of fused-ring (bicyclic) bond motifs is 3. The normalized spacial score (nSPS) is 18.4. The van der Waals surface area contributed by atoms with Crippen LogP contribution in [0.4, 0.5) is 11.6 Å². The van der Waals surface area contributed by atoms with Crippen molar-refractivity contribution in [3.8, 4) is 15.4 Å². The van der Waals surface area contributed by atoms with Gasteiger partial charge in [0.15, 0.2) is 32.3 Å². The number of aromatic carboxylic acids is 1. The third kappa shape index (κ3) is 15.4. The Bertz CT molecular complexity index is 4000. The largest absolute Gasteiger partial charge is 1.00 e. The van der Waals surface area contributed by atoms with Crippen LogP contribution in [0.15, 0.2) is 104 Å². The van der Waals surface area contributed by atoms with Crippen LogP contribution in [0.25, 0.3) is 48.5 Å². The number of hydrogen-bond donors (Lipinski definition) is 3. The predicted molar refractivity (Wildman–Crippen MR) is 338 cm³/mol. The van der Waals surface area contributed by atoms with E-state index >= 15 is 0 Å². The van der Waals surface area contributed by atoms with Crippen LogP contribution in [-0.4, -0.2) is 138 Å². The molecule has 28 heteroatoms. The first-order valence-electron chi connectivity index (χ1n) is 27.4. The first-order chi connectivity index (χ1) is 40.4. The van der Waals surface area contributed by atoms with Gasteiger partial charge in [0.1, 0.15) is 33.5 Å². The molecule has 23 nitrogen and oxygen atoms in total. The Morgan fingerprint density at radius 2 is 0.966 bits per heavy atom. The number of carboxylic acids is 1. The van der Waals surface area contributed by atoms with Crippen molar-refractivity contribution in [3.63, 3.8) is 0 Å². The molecule has 0 aliphatic carbocycles. The average molecular weight is 1270 g/mol. The molecule has 3 saturated heterocycles. The SMILES string of the molecule is C.CCOC(=O)c1cn(-c2nccs2)c2nc(Cl)ccc2c1=O.CCOC(=O)c1cn(-c2nccs2)c2nc(N3C[C@H](C)[C@@H](C)C3)ccc2c1=O.CN[C@H]1CNC[C@@H]1C.C[C@H]1CN(c2ccc3c(=O)c(C(=O)O)cn(-c4nccs4)c3n2)C[C@@H]1C.[Na+].[OH-]. The van der Waals surface area contributed by atoms with Crippen LogP contribution in [0.1, 0.15) is 87.0 Å². The van der Waals surface area contributed by atoms with Gasteiger partial charge in [-0.2, -0.15) is 0 Å². The van der Waals surface area contributed by atoms with E-state index in [4.69, 9.17) is 31.0 Å². The van der Waals surface area contributed by atoms with Gasteiger partial charge in [-0.3, -0.25) is 28.1 Å². The van der Waals surface area contributed by atoms with Crippen LogP contribution in [-0.2, 0) is 9.47 Å². The zero-order valence-electron chi connectivity index (χ0n) is 49.0. The zero-order chi connectivity index (χ0) is 59.9. The Morgan fingerprint density at radius 1 is 0.598 bits per heavy atom. The van der Waals surface area contributed by atoms with Crippen molar-refractivity contribution in [2.24, 2.45) is 29.6 Å². The van der Waals surface area contributed by atoms with Gasteiger partial charge in [-0.15, -0.1) is 34.0 Å². The Hall–Kier alpha value is -6.85. The van der Waals surface area contributed by atoms with Gasteiger partial charge in [0.2, 0.25) is 16.3 Å². The molecule has 12 heterocycles. The van der Waals surface area contributed by atoms with Gasteiger partial charge in [0.05, 0.1) is 29.4 Å². The molecular weight excluding hydrogens is 1210 g/mol.